The summed E-state index contributed by atoms with van der Waals surface area (Å²) in [4.78, 5) is 22.3. The van der Waals surface area contributed by atoms with Gasteiger partial charge in [0.25, 0.3) is 0 Å². The van der Waals surface area contributed by atoms with E-state index in [-0.39, 0.29) is 24.3 Å². The van der Waals surface area contributed by atoms with Crippen molar-refractivity contribution >= 4 is 11.9 Å². The third kappa shape index (κ3) is 11.3. The van der Waals surface area contributed by atoms with Gasteiger partial charge in [-0.15, -0.1) is 0 Å². The minimum Gasteiger partial charge on any atom is -0.457 e. The fourth-order valence-corrected chi connectivity index (χ4v) is 6.18. The third-order valence-electron chi connectivity index (χ3n) is 10.8. The number of ether oxygens (including phenoxy) is 2. The van der Waals surface area contributed by atoms with Crippen molar-refractivity contribution in [1.29, 1.82) is 0 Å². The lowest BCUT2D eigenvalue weighted by Gasteiger charge is -2.39. The highest BCUT2D eigenvalue weighted by atomic mass is 19.4. The Kier molecular flexibility index (Phi) is 16.2. The van der Waals surface area contributed by atoms with Gasteiger partial charge < -0.3 is 19.3 Å². The quantitative estimate of drug-likeness (QED) is 0.0895. The Labute approximate surface area is 419 Å². The molecule has 0 atom stereocenters. The van der Waals surface area contributed by atoms with E-state index in [4.69, 9.17) is 0 Å². The second kappa shape index (κ2) is 20.1. The highest BCUT2D eigenvalue weighted by Crippen LogP contribution is 2.62. The van der Waals surface area contributed by atoms with Gasteiger partial charge in [-0.1, -0.05) is 24.3 Å². The first-order valence-corrected chi connectivity index (χ1v) is 20.3. The van der Waals surface area contributed by atoms with E-state index in [1.165, 1.54) is 0 Å². The number of halogens is 32. The fraction of sp³-hybridized carbons (Fsp3) is 0.526. The predicted octanol–water partition coefficient (Wildman–Crippen LogP) is 13.0. The molecule has 1 aliphatic rings. The summed E-state index contributed by atoms with van der Waals surface area (Å²) >= 11 is 0. The van der Waals surface area contributed by atoms with Gasteiger partial charge in [0.1, 0.15) is 0 Å². The Bertz CT molecular complexity index is 2640. The molecule has 4 aromatic rings. The van der Waals surface area contributed by atoms with Crippen LogP contribution in [0.4, 0.5) is 152 Å². The molecule has 2 aromatic carbocycles. The molecule has 448 valence electrons. The van der Waals surface area contributed by atoms with Gasteiger partial charge in [0.05, 0.1) is 11.1 Å². The van der Waals surface area contributed by atoms with E-state index in [9.17, 15) is 140 Å². The molecule has 1 aliphatic heterocycles. The van der Waals surface area contributed by atoms with Crippen LogP contribution in [0.3, 0.4) is 0 Å². The molecule has 0 amide bonds. The zero-order valence-corrected chi connectivity index (χ0v) is 37.4. The number of anilines is 2. The van der Waals surface area contributed by atoms with E-state index in [0.717, 1.165) is 9.80 Å². The van der Waals surface area contributed by atoms with Gasteiger partial charge in [0.2, 0.25) is 11.9 Å². The highest BCUT2D eigenvalue weighted by Gasteiger charge is 2.92. The normalized spacial score (nSPS) is 15.8. The van der Waals surface area contributed by atoms with E-state index in [0.29, 0.717) is 24.3 Å². The van der Waals surface area contributed by atoms with E-state index in [2.05, 4.69) is 39.4 Å². The maximum Gasteiger partial charge on any atom is 0.460 e. The summed E-state index contributed by atoms with van der Waals surface area (Å²) in [5.74, 6) is -83.3. The smallest absolute Gasteiger partial charge is 0.457 e. The van der Waals surface area contributed by atoms with Crippen molar-refractivity contribution in [3.63, 3.8) is 0 Å². The molecule has 0 saturated carbocycles. The monoisotopic (exact) mass is 1230 g/mol. The summed E-state index contributed by atoms with van der Waals surface area (Å²) in [5, 5.41) is 0. The van der Waals surface area contributed by atoms with Crippen LogP contribution in [-0.4, -0.2) is 141 Å². The SMILES string of the molecule is FC(F)(F)c1ccc(-c2nc(OCC(F)(F)C(F)(F)C(F)(F)C(F)(F)C(F)(F)C(F)(F)F)nc(N3CCN(c4nc(OCC(F)(F)C(F)(F)C(F)(F)C(F)(F)C(F)(F)C(F)(F)F)nc(-c5ccc(C(F)(F)F)cc5)n4)CC3)n2)cc1. The maximum absolute atomic E-state index is 14.7. The highest BCUT2D eigenvalue weighted by molar-refractivity contribution is 5.59. The number of rotatable bonds is 18. The summed E-state index contributed by atoms with van der Waals surface area (Å²) in [6.45, 7) is -9.94. The second-order valence-electron chi connectivity index (χ2n) is 16.2. The summed E-state index contributed by atoms with van der Waals surface area (Å²) < 4.78 is 445. The Morgan fingerprint density at radius 3 is 0.800 bits per heavy atom. The molecule has 0 spiro atoms. The standard InChI is InChI=1S/C38H20F32N8O2/c39-25(40,29(49,50)31(53,54)33(57,58)35(61,62)37(65,66)67)13-79-23-73-19(15-1-5-17(6-2-15)27(43,44)45)71-21(75-23)77-9-11-78(12-10-77)22-72-20(16-3-7-18(8-4-16)28(46,47)48)74-24(76-22)80-14-26(41,42)30(51,52)32(55,56)34(59,60)36(63,64)38(68,69)70/h1-8H,9-14H2. The third-order valence-corrected chi connectivity index (χ3v) is 10.8. The molecule has 3 heterocycles. The van der Waals surface area contributed by atoms with Crippen molar-refractivity contribution in [2.45, 2.75) is 83.9 Å². The van der Waals surface area contributed by atoms with Gasteiger partial charge in [0.15, 0.2) is 24.9 Å². The lowest BCUT2D eigenvalue weighted by molar-refractivity contribution is -0.440. The lowest BCUT2D eigenvalue weighted by atomic mass is 9.94. The van der Waals surface area contributed by atoms with Crippen LogP contribution in [0.25, 0.3) is 22.8 Å². The number of hydrogen-bond donors (Lipinski definition) is 0. The molecule has 2 aromatic heterocycles. The Balaban J connectivity index is 1.50. The van der Waals surface area contributed by atoms with Crippen molar-refractivity contribution in [2.24, 2.45) is 0 Å². The van der Waals surface area contributed by atoms with Crippen LogP contribution in [0.5, 0.6) is 12.0 Å². The van der Waals surface area contributed by atoms with E-state index >= 15 is 0 Å². The number of nitrogens with zero attached hydrogens (tertiary/aromatic N) is 8. The van der Waals surface area contributed by atoms with Gasteiger partial charge in [-0.2, -0.15) is 170 Å². The Hall–Kier alpha value is -6.58. The molecule has 0 bridgehead atoms. The molecule has 10 nitrogen and oxygen atoms in total. The number of hydrogen-bond acceptors (Lipinski definition) is 10. The van der Waals surface area contributed by atoms with Crippen LogP contribution in [-0.2, 0) is 12.4 Å². The zero-order chi connectivity index (χ0) is 61.5. The molecular formula is C38H20F32N8O2. The molecule has 0 unspecified atom stereocenters. The first kappa shape index (κ1) is 64.2. The van der Waals surface area contributed by atoms with Crippen LogP contribution >= 0.6 is 0 Å². The molecule has 5 rings (SSSR count). The molecule has 1 fully saturated rings. The van der Waals surface area contributed by atoms with Gasteiger partial charge in [0, 0.05) is 37.3 Å². The molecule has 80 heavy (non-hydrogen) atoms. The van der Waals surface area contributed by atoms with Crippen LogP contribution in [0, 0.1) is 0 Å². The topological polar surface area (TPSA) is 102 Å². The van der Waals surface area contributed by atoms with Crippen LogP contribution in [0.1, 0.15) is 11.1 Å². The summed E-state index contributed by atoms with van der Waals surface area (Å²) in [5.41, 5.74) is -4.12. The van der Waals surface area contributed by atoms with Crippen LogP contribution < -0.4 is 19.3 Å². The van der Waals surface area contributed by atoms with Gasteiger partial charge in [-0.25, -0.2) is 0 Å². The van der Waals surface area contributed by atoms with Crippen molar-refractivity contribution in [3.8, 4) is 34.8 Å². The Morgan fingerprint density at radius 1 is 0.312 bits per heavy atom. The maximum atomic E-state index is 14.7. The van der Waals surface area contributed by atoms with Crippen molar-refractivity contribution in [1.82, 2.24) is 29.9 Å². The first-order valence-electron chi connectivity index (χ1n) is 20.3. The van der Waals surface area contributed by atoms with Gasteiger partial charge >= 0.3 is 96.0 Å². The second-order valence-corrected chi connectivity index (χ2v) is 16.2. The van der Waals surface area contributed by atoms with E-state index in [1.807, 2.05) is 0 Å². The average Bonchev–Trinajstić information content (AvgIpc) is 3.33. The number of piperazine rings is 1. The van der Waals surface area contributed by atoms with Crippen molar-refractivity contribution < 1.29 is 150 Å². The largest absolute Gasteiger partial charge is 0.460 e. The molecule has 0 aliphatic carbocycles. The van der Waals surface area contributed by atoms with E-state index in [1.54, 1.807) is 0 Å². The molecule has 0 radical (unpaired) electrons. The number of aromatic nitrogens is 6. The van der Waals surface area contributed by atoms with Crippen molar-refractivity contribution in [3.05, 3.63) is 59.7 Å². The van der Waals surface area contributed by atoms with Crippen molar-refractivity contribution in [2.75, 3.05) is 49.2 Å². The van der Waals surface area contributed by atoms with Crippen LogP contribution in [0.15, 0.2) is 48.5 Å². The fourth-order valence-electron chi connectivity index (χ4n) is 6.18. The molecular weight excluding hydrogens is 1210 g/mol. The van der Waals surface area contributed by atoms with Crippen LogP contribution in [0.2, 0.25) is 0 Å². The average molecular weight is 1230 g/mol. The number of benzene rings is 2. The minimum atomic E-state index is -8.34. The molecule has 1 saturated heterocycles. The van der Waals surface area contributed by atoms with E-state index < -0.39 is 181 Å². The summed E-state index contributed by atoms with van der Waals surface area (Å²) in [6, 6.07) is -0.452. The molecule has 42 heteroatoms. The predicted molar refractivity (Wildman–Crippen MR) is 198 cm³/mol. The summed E-state index contributed by atoms with van der Waals surface area (Å²) in [6.07, 6.45) is -25.7. The minimum absolute atomic E-state index is 0.289. The first-order chi connectivity index (χ1) is 35.7. The Morgan fingerprint density at radius 2 is 0.562 bits per heavy atom. The zero-order valence-electron chi connectivity index (χ0n) is 37.4. The molecule has 0 N–H and O–H groups in total. The van der Waals surface area contributed by atoms with Gasteiger partial charge in [-0.05, 0) is 24.3 Å². The lowest BCUT2D eigenvalue weighted by Crippen LogP contribution is -2.70. The van der Waals surface area contributed by atoms with Gasteiger partial charge in [-0.3, -0.25) is 0 Å². The summed E-state index contributed by atoms with van der Waals surface area (Å²) in [7, 11) is 0. The number of alkyl halides is 32.